The maximum Gasteiger partial charge on any atom is 0.310 e. The first kappa shape index (κ1) is 11.0. The fourth-order valence-corrected chi connectivity index (χ4v) is 1.64. The van der Waals surface area contributed by atoms with Gasteiger partial charge in [0.1, 0.15) is 0 Å². The summed E-state index contributed by atoms with van der Waals surface area (Å²) >= 11 is 3.34. The molecule has 14 heavy (non-hydrogen) atoms. The molecule has 0 unspecified atom stereocenters. The molecule has 76 valence electrons. The van der Waals surface area contributed by atoms with Gasteiger partial charge in [0, 0.05) is 15.7 Å². The minimum Gasteiger partial charge on any atom is -0.466 e. The SMILES string of the molecule is CCOC(=O)Cc1c(N)cccc1Br. The number of esters is 1. The minimum absolute atomic E-state index is 0.209. The number of ether oxygens (including phenoxy) is 1. The van der Waals surface area contributed by atoms with Gasteiger partial charge in [-0.15, -0.1) is 0 Å². The molecule has 0 fully saturated rings. The van der Waals surface area contributed by atoms with Crippen molar-refractivity contribution in [3.8, 4) is 0 Å². The van der Waals surface area contributed by atoms with Crippen molar-refractivity contribution in [1.29, 1.82) is 0 Å². The summed E-state index contributed by atoms with van der Waals surface area (Å²) in [5.41, 5.74) is 7.12. The molecular formula is C10H12BrNO2. The zero-order valence-electron chi connectivity index (χ0n) is 7.92. The Morgan fingerprint density at radius 2 is 2.29 bits per heavy atom. The quantitative estimate of drug-likeness (QED) is 0.667. The van der Waals surface area contributed by atoms with Crippen molar-refractivity contribution in [2.45, 2.75) is 13.3 Å². The Labute approximate surface area is 91.4 Å². The first-order valence-electron chi connectivity index (χ1n) is 4.33. The Balaban J connectivity index is 2.80. The van der Waals surface area contributed by atoms with Crippen LogP contribution in [-0.4, -0.2) is 12.6 Å². The van der Waals surface area contributed by atoms with Crippen molar-refractivity contribution < 1.29 is 9.53 Å². The lowest BCUT2D eigenvalue weighted by molar-refractivity contribution is -0.142. The van der Waals surface area contributed by atoms with E-state index >= 15 is 0 Å². The maximum absolute atomic E-state index is 11.2. The number of hydrogen-bond donors (Lipinski definition) is 1. The van der Waals surface area contributed by atoms with Crippen molar-refractivity contribution >= 4 is 27.6 Å². The van der Waals surface area contributed by atoms with E-state index in [0.29, 0.717) is 12.3 Å². The van der Waals surface area contributed by atoms with Crippen LogP contribution in [0.2, 0.25) is 0 Å². The second kappa shape index (κ2) is 5.00. The van der Waals surface area contributed by atoms with E-state index in [9.17, 15) is 4.79 Å². The van der Waals surface area contributed by atoms with Crippen LogP contribution in [0.1, 0.15) is 12.5 Å². The molecule has 4 heteroatoms. The van der Waals surface area contributed by atoms with Gasteiger partial charge in [0.15, 0.2) is 0 Å². The highest BCUT2D eigenvalue weighted by Crippen LogP contribution is 2.23. The second-order valence-electron chi connectivity index (χ2n) is 2.79. The van der Waals surface area contributed by atoms with Crippen LogP contribution in [0.3, 0.4) is 0 Å². The third kappa shape index (κ3) is 2.73. The fraction of sp³-hybridized carbons (Fsp3) is 0.300. The van der Waals surface area contributed by atoms with Crippen LogP contribution >= 0.6 is 15.9 Å². The summed E-state index contributed by atoms with van der Waals surface area (Å²) < 4.78 is 5.68. The van der Waals surface area contributed by atoms with Crippen LogP contribution in [-0.2, 0) is 16.0 Å². The third-order valence-corrected chi connectivity index (χ3v) is 2.52. The van der Waals surface area contributed by atoms with E-state index in [1.807, 2.05) is 12.1 Å². The van der Waals surface area contributed by atoms with Gasteiger partial charge in [-0.2, -0.15) is 0 Å². The first-order valence-corrected chi connectivity index (χ1v) is 5.13. The van der Waals surface area contributed by atoms with Crippen molar-refractivity contribution in [3.05, 3.63) is 28.2 Å². The Kier molecular flexibility index (Phi) is 3.95. The van der Waals surface area contributed by atoms with Crippen LogP contribution < -0.4 is 5.73 Å². The zero-order valence-corrected chi connectivity index (χ0v) is 9.50. The monoisotopic (exact) mass is 257 g/mol. The van der Waals surface area contributed by atoms with Crippen molar-refractivity contribution in [3.63, 3.8) is 0 Å². The molecule has 0 bridgehead atoms. The van der Waals surface area contributed by atoms with Gasteiger partial charge in [-0.25, -0.2) is 0 Å². The molecule has 0 aliphatic heterocycles. The second-order valence-corrected chi connectivity index (χ2v) is 3.64. The number of rotatable bonds is 3. The Bertz CT molecular complexity index is 319. The molecule has 2 N–H and O–H groups in total. The van der Waals surface area contributed by atoms with Gasteiger partial charge < -0.3 is 10.5 Å². The van der Waals surface area contributed by atoms with Gasteiger partial charge >= 0.3 is 5.97 Å². The van der Waals surface area contributed by atoms with E-state index in [1.165, 1.54) is 0 Å². The van der Waals surface area contributed by atoms with Gasteiger partial charge in [-0.1, -0.05) is 22.0 Å². The molecule has 0 radical (unpaired) electrons. The predicted octanol–water partition coefficient (Wildman–Crippen LogP) is 2.14. The summed E-state index contributed by atoms with van der Waals surface area (Å²) in [6.07, 6.45) is 0.209. The summed E-state index contributed by atoms with van der Waals surface area (Å²) in [7, 11) is 0. The number of carbonyl (C=O) groups is 1. The molecule has 0 saturated carbocycles. The van der Waals surface area contributed by atoms with Crippen LogP contribution in [0.15, 0.2) is 22.7 Å². The van der Waals surface area contributed by atoms with E-state index < -0.39 is 0 Å². The average Bonchev–Trinajstić information content (AvgIpc) is 2.12. The molecule has 0 heterocycles. The van der Waals surface area contributed by atoms with Gasteiger partial charge in [0.2, 0.25) is 0 Å². The Morgan fingerprint density at radius 1 is 1.57 bits per heavy atom. The summed E-state index contributed by atoms with van der Waals surface area (Å²) in [4.78, 5) is 11.2. The minimum atomic E-state index is -0.258. The maximum atomic E-state index is 11.2. The number of nitrogens with two attached hydrogens (primary N) is 1. The standard InChI is InChI=1S/C10H12BrNO2/c1-2-14-10(13)6-7-8(11)4-3-5-9(7)12/h3-5H,2,6,12H2,1H3. The number of halogens is 1. The number of benzene rings is 1. The lowest BCUT2D eigenvalue weighted by atomic mass is 10.1. The van der Waals surface area contributed by atoms with Gasteiger partial charge in [0.05, 0.1) is 13.0 Å². The largest absolute Gasteiger partial charge is 0.466 e. The molecule has 0 atom stereocenters. The van der Waals surface area contributed by atoms with E-state index in [4.69, 9.17) is 10.5 Å². The molecule has 0 aromatic heterocycles. The van der Waals surface area contributed by atoms with E-state index in [2.05, 4.69) is 15.9 Å². The third-order valence-electron chi connectivity index (χ3n) is 1.78. The highest BCUT2D eigenvalue weighted by Gasteiger charge is 2.09. The predicted molar refractivity (Wildman–Crippen MR) is 58.9 cm³/mol. The smallest absolute Gasteiger partial charge is 0.310 e. The van der Waals surface area contributed by atoms with Gasteiger partial charge in [-0.05, 0) is 19.1 Å². The molecule has 0 aliphatic carbocycles. The van der Waals surface area contributed by atoms with Crippen molar-refractivity contribution in [1.82, 2.24) is 0 Å². The van der Waals surface area contributed by atoms with E-state index in [1.54, 1.807) is 13.0 Å². The fourth-order valence-electron chi connectivity index (χ4n) is 1.12. The lowest BCUT2D eigenvalue weighted by Gasteiger charge is -2.07. The summed E-state index contributed by atoms with van der Waals surface area (Å²) in [6, 6.07) is 5.44. The first-order chi connectivity index (χ1) is 6.65. The molecule has 3 nitrogen and oxygen atoms in total. The molecule has 1 aromatic carbocycles. The topological polar surface area (TPSA) is 52.3 Å². The van der Waals surface area contributed by atoms with Crippen molar-refractivity contribution in [2.75, 3.05) is 12.3 Å². The normalized spacial score (nSPS) is 9.86. The van der Waals surface area contributed by atoms with Crippen molar-refractivity contribution in [2.24, 2.45) is 0 Å². The van der Waals surface area contributed by atoms with Gasteiger partial charge in [0.25, 0.3) is 0 Å². The van der Waals surface area contributed by atoms with Crippen LogP contribution in [0.5, 0.6) is 0 Å². The molecule has 0 aliphatic rings. The molecule has 0 saturated heterocycles. The number of nitrogen functional groups attached to an aromatic ring is 1. The van der Waals surface area contributed by atoms with Gasteiger partial charge in [-0.3, -0.25) is 4.79 Å². The van der Waals surface area contributed by atoms with Crippen LogP contribution in [0.4, 0.5) is 5.69 Å². The molecule has 1 rings (SSSR count). The molecule has 0 spiro atoms. The summed E-state index contributed by atoms with van der Waals surface area (Å²) in [5, 5.41) is 0. The number of anilines is 1. The molecule has 1 aromatic rings. The Morgan fingerprint density at radius 3 is 2.86 bits per heavy atom. The van der Waals surface area contributed by atoms with E-state index in [-0.39, 0.29) is 12.4 Å². The zero-order chi connectivity index (χ0) is 10.6. The Hall–Kier alpha value is -1.03. The molecular weight excluding hydrogens is 246 g/mol. The van der Waals surface area contributed by atoms with Crippen LogP contribution in [0, 0.1) is 0 Å². The number of hydrogen-bond acceptors (Lipinski definition) is 3. The average molecular weight is 258 g/mol. The van der Waals surface area contributed by atoms with E-state index in [0.717, 1.165) is 10.0 Å². The molecule has 0 amide bonds. The summed E-state index contributed by atoms with van der Waals surface area (Å²) in [6.45, 7) is 2.17. The number of carbonyl (C=O) groups excluding carboxylic acids is 1. The summed E-state index contributed by atoms with van der Waals surface area (Å²) in [5.74, 6) is -0.258. The highest BCUT2D eigenvalue weighted by atomic mass is 79.9. The van der Waals surface area contributed by atoms with Crippen LogP contribution in [0.25, 0.3) is 0 Å². The highest BCUT2D eigenvalue weighted by molar-refractivity contribution is 9.10. The lowest BCUT2D eigenvalue weighted by Crippen LogP contribution is -2.09.